The maximum absolute atomic E-state index is 5.34. The zero-order valence-electron chi connectivity index (χ0n) is 15.8. The van der Waals surface area contributed by atoms with Crippen molar-refractivity contribution in [3.8, 4) is 11.5 Å². The van der Waals surface area contributed by atoms with Gasteiger partial charge >= 0.3 is 0 Å². The number of benzene rings is 2. The van der Waals surface area contributed by atoms with Gasteiger partial charge in [-0.3, -0.25) is 0 Å². The second-order valence-electron chi connectivity index (χ2n) is 6.15. The van der Waals surface area contributed by atoms with Crippen LogP contribution in [0, 0.1) is 6.92 Å². The average molecular weight is 364 g/mol. The Morgan fingerprint density at radius 2 is 1.63 bits per heavy atom. The summed E-state index contributed by atoms with van der Waals surface area (Å²) in [7, 11) is 3.26. The lowest BCUT2D eigenvalue weighted by Crippen LogP contribution is -2.07. The van der Waals surface area contributed by atoms with Gasteiger partial charge in [0.2, 0.25) is 5.95 Å². The molecule has 140 valence electrons. The molecule has 6 nitrogen and oxygen atoms in total. The Labute approximate surface area is 159 Å². The van der Waals surface area contributed by atoms with Crippen molar-refractivity contribution in [1.29, 1.82) is 0 Å². The van der Waals surface area contributed by atoms with Gasteiger partial charge in [-0.15, -0.1) is 0 Å². The van der Waals surface area contributed by atoms with E-state index in [9.17, 15) is 0 Å². The molecular formula is C21H24N4O2. The van der Waals surface area contributed by atoms with Crippen LogP contribution in [0.3, 0.4) is 0 Å². The SMILES string of the molecule is COc1ccc(CNc2ccnc(NCc3cccc(C)c3)n2)cc1OC. The Bertz CT molecular complexity index is 899. The highest BCUT2D eigenvalue weighted by Crippen LogP contribution is 2.27. The van der Waals surface area contributed by atoms with Gasteiger partial charge in [0, 0.05) is 19.3 Å². The van der Waals surface area contributed by atoms with Crippen LogP contribution in [0.5, 0.6) is 11.5 Å². The molecule has 0 amide bonds. The Morgan fingerprint density at radius 3 is 2.41 bits per heavy atom. The van der Waals surface area contributed by atoms with Gasteiger partial charge in [0.15, 0.2) is 11.5 Å². The number of hydrogen-bond donors (Lipinski definition) is 2. The van der Waals surface area contributed by atoms with E-state index in [4.69, 9.17) is 9.47 Å². The molecule has 0 aliphatic heterocycles. The monoisotopic (exact) mass is 364 g/mol. The summed E-state index contributed by atoms with van der Waals surface area (Å²) in [4.78, 5) is 8.80. The zero-order chi connectivity index (χ0) is 19.1. The smallest absolute Gasteiger partial charge is 0.224 e. The van der Waals surface area contributed by atoms with Gasteiger partial charge < -0.3 is 20.1 Å². The molecule has 0 fully saturated rings. The van der Waals surface area contributed by atoms with E-state index in [0.29, 0.717) is 30.5 Å². The van der Waals surface area contributed by atoms with Crippen molar-refractivity contribution in [3.05, 3.63) is 71.4 Å². The second kappa shape index (κ2) is 8.89. The Morgan fingerprint density at radius 1 is 0.852 bits per heavy atom. The van der Waals surface area contributed by atoms with Crippen molar-refractivity contribution in [2.45, 2.75) is 20.0 Å². The van der Waals surface area contributed by atoms with Crippen LogP contribution < -0.4 is 20.1 Å². The van der Waals surface area contributed by atoms with E-state index in [2.05, 4.69) is 45.7 Å². The van der Waals surface area contributed by atoms with Gasteiger partial charge in [-0.1, -0.05) is 35.9 Å². The highest BCUT2D eigenvalue weighted by atomic mass is 16.5. The molecule has 0 radical (unpaired) electrons. The molecule has 0 bridgehead atoms. The van der Waals surface area contributed by atoms with Gasteiger partial charge in [-0.25, -0.2) is 4.98 Å². The molecule has 0 saturated carbocycles. The number of aromatic nitrogens is 2. The number of rotatable bonds is 8. The van der Waals surface area contributed by atoms with E-state index in [-0.39, 0.29) is 0 Å². The third-order valence-corrected chi connectivity index (χ3v) is 4.11. The molecule has 0 saturated heterocycles. The summed E-state index contributed by atoms with van der Waals surface area (Å²) in [5, 5.41) is 6.57. The third kappa shape index (κ3) is 5.10. The first-order valence-corrected chi connectivity index (χ1v) is 8.75. The van der Waals surface area contributed by atoms with Crippen LogP contribution in [0.1, 0.15) is 16.7 Å². The standard InChI is InChI=1S/C21H24N4O2/c1-15-5-4-6-16(11-15)14-24-21-22-10-9-20(25-21)23-13-17-7-8-18(26-2)19(12-17)27-3/h4-12H,13-14H2,1-3H3,(H2,22,23,24,25). The molecule has 1 heterocycles. The number of methoxy groups -OCH3 is 2. The number of hydrogen-bond acceptors (Lipinski definition) is 6. The summed E-state index contributed by atoms with van der Waals surface area (Å²) < 4.78 is 10.6. The van der Waals surface area contributed by atoms with Crippen LogP contribution >= 0.6 is 0 Å². The van der Waals surface area contributed by atoms with Gasteiger partial charge in [-0.05, 0) is 36.2 Å². The number of nitrogens with zero attached hydrogens (tertiary/aromatic N) is 2. The topological polar surface area (TPSA) is 68.3 Å². The average Bonchev–Trinajstić information content (AvgIpc) is 2.71. The first kappa shape index (κ1) is 18.5. The van der Waals surface area contributed by atoms with E-state index < -0.39 is 0 Å². The Kier molecular flexibility index (Phi) is 6.10. The molecule has 2 aromatic carbocycles. The van der Waals surface area contributed by atoms with Crippen LogP contribution in [0.4, 0.5) is 11.8 Å². The normalized spacial score (nSPS) is 10.3. The fourth-order valence-electron chi connectivity index (χ4n) is 2.73. The number of anilines is 2. The van der Waals surface area contributed by atoms with Crippen molar-refractivity contribution < 1.29 is 9.47 Å². The lowest BCUT2D eigenvalue weighted by atomic mass is 10.1. The predicted molar refractivity (Wildman–Crippen MR) is 107 cm³/mol. The first-order chi connectivity index (χ1) is 13.2. The van der Waals surface area contributed by atoms with E-state index in [1.807, 2.05) is 30.3 Å². The van der Waals surface area contributed by atoms with E-state index in [0.717, 1.165) is 11.4 Å². The van der Waals surface area contributed by atoms with Crippen molar-refractivity contribution >= 4 is 11.8 Å². The minimum atomic E-state index is 0.591. The lowest BCUT2D eigenvalue weighted by Gasteiger charge is -2.11. The van der Waals surface area contributed by atoms with E-state index in [1.54, 1.807) is 20.4 Å². The van der Waals surface area contributed by atoms with Gasteiger partial charge in [0.25, 0.3) is 0 Å². The molecule has 0 atom stereocenters. The highest BCUT2D eigenvalue weighted by Gasteiger charge is 2.05. The summed E-state index contributed by atoms with van der Waals surface area (Å²) in [5.74, 6) is 2.77. The summed E-state index contributed by atoms with van der Waals surface area (Å²) in [6.07, 6.45) is 1.74. The fraction of sp³-hybridized carbons (Fsp3) is 0.238. The first-order valence-electron chi connectivity index (χ1n) is 8.75. The van der Waals surface area contributed by atoms with Crippen molar-refractivity contribution in [3.63, 3.8) is 0 Å². The van der Waals surface area contributed by atoms with Gasteiger partial charge in [0.05, 0.1) is 14.2 Å². The Hall–Kier alpha value is -3.28. The molecule has 3 rings (SSSR count). The molecule has 0 aliphatic carbocycles. The maximum atomic E-state index is 5.34. The van der Waals surface area contributed by atoms with Crippen LogP contribution in [0.2, 0.25) is 0 Å². The highest BCUT2D eigenvalue weighted by molar-refractivity contribution is 5.45. The van der Waals surface area contributed by atoms with Crippen molar-refractivity contribution in [2.75, 3.05) is 24.9 Å². The maximum Gasteiger partial charge on any atom is 0.224 e. The van der Waals surface area contributed by atoms with E-state index >= 15 is 0 Å². The number of nitrogens with one attached hydrogen (secondary N) is 2. The van der Waals surface area contributed by atoms with Crippen LogP contribution in [0.25, 0.3) is 0 Å². The minimum Gasteiger partial charge on any atom is -0.493 e. The summed E-state index contributed by atoms with van der Waals surface area (Å²) >= 11 is 0. The minimum absolute atomic E-state index is 0.591. The zero-order valence-corrected chi connectivity index (χ0v) is 15.8. The van der Waals surface area contributed by atoms with Crippen molar-refractivity contribution in [2.24, 2.45) is 0 Å². The summed E-state index contributed by atoms with van der Waals surface area (Å²) in [6, 6.07) is 16.0. The number of aryl methyl sites for hydroxylation is 1. The number of ether oxygens (including phenoxy) is 2. The molecule has 0 spiro atoms. The van der Waals surface area contributed by atoms with Crippen LogP contribution in [0.15, 0.2) is 54.7 Å². The second-order valence-corrected chi connectivity index (χ2v) is 6.15. The summed E-state index contributed by atoms with van der Waals surface area (Å²) in [6.45, 7) is 3.38. The van der Waals surface area contributed by atoms with Gasteiger partial charge in [0.1, 0.15) is 5.82 Å². The molecule has 0 unspecified atom stereocenters. The van der Waals surface area contributed by atoms with Crippen molar-refractivity contribution in [1.82, 2.24) is 9.97 Å². The molecule has 27 heavy (non-hydrogen) atoms. The fourth-order valence-corrected chi connectivity index (χ4v) is 2.73. The molecule has 3 aromatic rings. The van der Waals surface area contributed by atoms with E-state index in [1.165, 1.54) is 11.1 Å². The molecular weight excluding hydrogens is 340 g/mol. The van der Waals surface area contributed by atoms with Crippen LogP contribution in [-0.2, 0) is 13.1 Å². The Balaban J connectivity index is 1.60. The molecule has 6 heteroatoms. The lowest BCUT2D eigenvalue weighted by molar-refractivity contribution is 0.354. The molecule has 0 aliphatic rings. The molecule has 2 N–H and O–H groups in total. The molecule has 1 aromatic heterocycles. The quantitative estimate of drug-likeness (QED) is 0.629. The van der Waals surface area contributed by atoms with Crippen LogP contribution in [-0.4, -0.2) is 24.2 Å². The summed E-state index contributed by atoms with van der Waals surface area (Å²) in [5.41, 5.74) is 3.50. The predicted octanol–water partition coefficient (Wildman–Crippen LogP) is 4.03. The third-order valence-electron chi connectivity index (χ3n) is 4.11. The van der Waals surface area contributed by atoms with Gasteiger partial charge in [-0.2, -0.15) is 4.98 Å². The largest absolute Gasteiger partial charge is 0.493 e.